The molecule has 0 atom stereocenters. The number of fused-ring (bicyclic) bond motifs is 2. The van der Waals surface area contributed by atoms with Crippen molar-refractivity contribution in [3.05, 3.63) is 131 Å². The Bertz CT molecular complexity index is 1710. The van der Waals surface area contributed by atoms with Crippen LogP contribution in [0, 0.1) is 0 Å². The van der Waals surface area contributed by atoms with Crippen LogP contribution in [0.25, 0.3) is 21.9 Å². The van der Waals surface area contributed by atoms with Gasteiger partial charge < -0.3 is 20.1 Å². The third kappa shape index (κ3) is 5.24. The predicted octanol–water partition coefficient (Wildman–Crippen LogP) is 6.53. The van der Waals surface area contributed by atoms with Crippen LogP contribution in [0.4, 0.5) is 5.69 Å². The fourth-order valence-electron chi connectivity index (χ4n) is 5.15. The highest BCUT2D eigenvalue weighted by Crippen LogP contribution is 2.35. The summed E-state index contributed by atoms with van der Waals surface area (Å²) in [4.78, 5) is 26.5. The number of rotatable bonds is 7. The van der Waals surface area contributed by atoms with Gasteiger partial charge in [0.15, 0.2) is 0 Å². The minimum atomic E-state index is -0.938. The van der Waals surface area contributed by atoms with Crippen LogP contribution in [0.15, 0.2) is 109 Å². The molecule has 0 spiro atoms. The van der Waals surface area contributed by atoms with E-state index in [-0.39, 0.29) is 11.5 Å². The van der Waals surface area contributed by atoms with Gasteiger partial charge >= 0.3 is 5.97 Å². The first-order valence-electron chi connectivity index (χ1n) is 13.2. The Morgan fingerprint density at radius 1 is 0.800 bits per heavy atom. The summed E-state index contributed by atoms with van der Waals surface area (Å²) in [6, 6.07) is 35.1. The number of nitrogens with zero attached hydrogens (tertiary/aromatic N) is 1. The zero-order valence-corrected chi connectivity index (χ0v) is 21.8. The van der Waals surface area contributed by atoms with Gasteiger partial charge in [0.25, 0.3) is 5.91 Å². The van der Waals surface area contributed by atoms with Crippen molar-refractivity contribution in [1.82, 2.24) is 5.32 Å². The maximum atomic E-state index is 13.0. The van der Waals surface area contributed by atoms with Gasteiger partial charge in [-0.2, -0.15) is 0 Å². The molecular weight excluding hydrogens is 500 g/mol. The fourth-order valence-corrected chi connectivity index (χ4v) is 5.15. The van der Waals surface area contributed by atoms with Gasteiger partial charge in [0.2, 0.25) is 0 Å². The molecule has 40 heavy (non-hydrogen) atoms. The van der Waals surface area contributed by atoms with Crippen molar-refractivity contribution < 1.29 is 19.4 Å². The molecule has 198 valence electrons. The van der Waals surface area contributed by atoms with Gasteiger partial charge in [-0.3, -0.25) is 4.79 Å². The SMILES string of the molecule is O=C(O)c1ccc(-c2ccccc2CN2CCOc3cc(C(=O)NCc4ccc5ccccc5c4)ccc32)cc1. The van der Waals surface area contributed by atoms with Gasteiger partial charge in [0, 0.05) is 18.7 Å². The summed E-state index contributed by atoms with van der Waals surface area (Å²) in [5.74, 6) is -0.397. The number of carbonyl (C=O) groups excluding carboxylic acids is 1. The van der Waals surface area contributed by atoms with Crippen molar-refractivity contribution in [1.29, 1.82) is 0 Å². The van der Waals surface area contributed by atoms with Crippen molar-refractivity contribution in [2.75, 3.05) is 18.1 Å². The molecule has 0 radical (unpaired) electrons. The predicted molar refractivity (Wildman–Crippen MR) is 157 cm³/mol. The van der Waals surface area contributed by atoms with E-state index < -0.39 is 5.97 Å². The second kappa shape index (κ2) is 10.9. The lowest BCUT2D eigenvalue weighted by Gasteiger charge is -2.32. The number of hydrogen-bond donors (Lipinski definition) is 2. The Balaban J connectivity index is 1.17. The zero-order valence-electron chi connectivity index (χ0n) is 21.8. The molecule has 6 heteroatoms. The monoisotopic (exact) mass is 528 g/mol. The molecule has 1 amide bonds. The van der Waals surface area contributed by atoms with Crippen LogP contribution in [-0.2, 0) is 13.1 Å². The molecule has 0 bridgehead atoms. The third-order valence-electron chi connectivity index (χ3n) is 7.27. The van der Waals surface area contributed by atoms with Crippen LogP contribution in [0.2, 0.25) is 0 Å². The van der Waals surface area contributed by atoms with Gasteiger partial charge in [-0.05, 0) is 69.4 Å². The summed E-state index contributed by atoms with van der Waals surface area (Å²) in [5.41, 5.74) is 5.94. The Morgan fingerprint density at radius 3 is 2.38 bits per heavy atom. The van der Waals surface area contributed by atoms with Crippen molar-refractivity contribution >= 4 is 28.3 Å². The van der Waals surface area contributed by atoms with Crippen LogP contribution in [0.3, 0.4) is 0 Å². The van der Waals surface area contributed by atoms with Gasteiger partial charge in [-0.1, -0.05) is 72.8 Å². The quantitative estimate of drug-likeness (QED) is 0.251. The second-order valence-corrected chi connectivity index (χ2v) is 9.86. The molecule has 0 aliphatic carbocycles. The first kappa shape index (κ1) is 25.2. The molecule has 1 heterocycles. The Morgan fingerprint density at radius 2 is 1.55 bits per heavy atom. The van der Waals surface area contributed by atoms with Crippen molar-refractivity contribution in [3.63, 3.8) is 0 Å². The Hall–Kier alpha value is -5.10. The van der Waals surface area contributed by atoms with E-state index in [0.717, 1.165) is 33.3 Å². The minimum Gasteiger partial charge on any atom is -0.490 e. The van der Waals surface area contributed by atoms with Crippen molar-refractivity contribution in [2.24, 2.45) is 0 Å². The van der Waals surface area contributed by atoms with Gasteiger partial charge in [0.1, 0.15) is 12.4 Å². The maximum Gasteiger partial charge on any atom is 0.335 e. The first-order chi connectivity index (χ1) is 19.5. The molecule has 0 fully saturated rings. The summed E-state index contributed by atoms with van der Waals surface area (Å²) in [6.07, 6.45) is 0. The number of anilines is 1. The number of aromatic carboxylic acids is 1. The molecule has 6 nitrogen and oxygen atoms in total. The number of amides is 1. The minimum absolute atomic E-state index is 0.146. The van der Waals surface area contributed by atoms with Crippen LogP contribution in [-0.4, -0.2) is 30.1 Å². The van der Waals surface area contributed by atoms with Crippen LogP contribution in [0.5, 0.6) is 5.75 Å². The van der Waals surface area contributed by atoms with E-state index in [9.17, 15) is 14.7 Å². The maximum absolute atomic E-state index is 13.0. The highest BCUT2D eigenvalue weighted by atomic mass is 16.5. The molecule has 5 aromatic rings. The number of nitrogens with one attached hydrogen (secondary N) is 1. The van der Waals surface area contributed by atoms with E-state index in [1.807, 2.05) is 60.7 Å². The van der Waals surface area contributed by atoms with E-state index in [1.165, 1.54) is 5.39 Å². The topological polar surface area (TPSA) is 78.9 Å². The average Bonchev–Trinajstić information content (AvgIpc) is 3.00. The smallest absolute Gasteiger partial charge is 0.335 e. The summed E-state index contributed by atoms with van der Waals surface area (Å²) in [7, 11) is 0. The summed E-state index contributed by atoms with van der Waals surface area (Å²) < 4.78 is 5.97. The van der Waals surface area contributed by atoms with Gasteiger partial charge in [0.05, 0.1) is 17.8 Å². The summed E-state index contributed by atoms with van der Waals surface area (Å²) in [5, 5.41) is 14.6. The molecular formula is C34H28N2O4. The lowest BCUT2D eigenvalue weighted by molar-refractivity contribution is 0.0696. The second-order valence-electron chi connectivity index (χ2n) is 9.86. The number of carboxylic acids is 1. The molecule has 1 aliphatic heterocycles. The lowest BCUT2D eigenvalue weighted by Crippen LogP contribution is -2.32. The highest BCUT2D eigenvalue weighted by molar-refractivity contribution is 5.95. The number of carbonyl (C=O) groups is 2. The zero-order chi connectivity index (χ0) is 27.5. The van der Waals surface area contributed by atoms with E-state index in [1.54, 1.807) is 12.1 Å². The largest absolute Gasteiger partial charge is 0.490 e. The molecule has 0 unspecified atom stereocenters. The third-order valence-corrected chi connectivity index (χ3v) is 7.27. The molecule has 0 saturated heterocycles. The molecule has 0 saturated carbocycles. The lowest BCUT2D eigenvalue weighted by atomic mass is 9.98. The molecule has 1 aliphatic rings. The number of benzene rings is 5. The van der Waals surface area contributed by atoms with Gasteiger partial charge in [-0.15, -0.1) is 0 Å². The van der Waals surface area contributed by atoms with Crippen molar-refractivity contribution in [2.45, 2.75) is 13.1 Å². The fraction of sp³-hybridized carbons (Fsp3) is 0.118. The van der Waals surface area contributed by atoms with Crippen LogP contribution < -0.4 is 15.0 Å². The molecule has 5 aromatic carbocycles. The normalized spacial score (nSPS) is 12.4. The van der Waals surface area contributed by atoms with Crippen molar-refractivity contribution in [3.8, 4) is 16.9 Å². The molecule has 6 rings (SSSR count). The Labute approximate surface area is 232 Å². The molecule has 2 N–H and O–H groups in total. The summed E-state index contributed by atoms with van der Waals surface area (Å²) in [6.45, 7) is 2.33. The van der Waals surface area contributed by atoms with E-state index >= 15 is 0 Å². The number of hydrogen-bond acceptors (Lipinski definition) is 4. The highest BCUT2D eigenvalue weighted by Gasteiger charge is 2.21. The van der Waals surface area contributed by atoms with E-state index in [4.69, 9.17) is 4.74 Å². The molecule has 0 aromatic heterocycles. The average molecular weight is 529 g/mol. The Kier molecular flexibility index (Phi) is 6.89. The van der Waals surface area contributed by atoms with Gasteiger partial charge in [-0.25, -0.2) is 4.79 Å². The van der Waals surface area contributed by atoms with E-state index in [2.05, 4.69) is 46.6 Å². The van der Waals surface area contributed by atoms with E-state index in [0.29, 0.717) is 37.6 Å². The number of ether oxygens (including phenoxy) is 1. The number of carboxylic acid groups (broad SMARTS) is 1. The van der Waals surface area contributed by atoms with Crippen LogP contribution >= 0.6 is 0 Å². The van der Waals surface area contributed by atoms with Crippen LogP contribution in [0.1, 0.15) is 31.8 Å². The standard InChI is InChI=1S/C34H28N2O4/c37-33(35-21-23-9-10-24-5-1-2-6-27(24)19-23)28-15-16-31-32(20-28)40-18-17-36(31)22-29-7-3-4-8-30(29)25-11-13-26(14-12-25)34(38)39/h1-16,19-20H,17-18,21-22H2,(H,35,37)(H,38,39). The summed E-state index contributed by atoms with van der Waals surface area (Å²) >= 11 is 0. The first-order valence-corrected chi connectivity index (χ1v) is 13.2.